The Morgan fingerprint density at radius 3 is 2.85 bits per heavy atom. The minimum absolute atomic E-state index is 0.218. The van der Waals surface area contributed by atoms with Gasteiger partial charge in [-0.25, -0.2) is 4.79 Å². The van der Waals surface area contributed by atoms with Gasteiger partial charge in [0.05, 0.1) is 5.69 Å². The normalized spacial score (nSPS) is 9.31. The van der Waals surface area contributed by atoms with Crippen molar-refractivity contribution < 1.29 is 9.90 Å². The zero-order valence-corrected chi connectivity index (χ0v) is 7.11. The number of nitrogens with zero attached hydrogens (tertiary/aromatic N) is 2. The number of hydrogen-bond acceptors (Lipinski definition) is 3. The number of carbonyl (C=O) groups is 1. The van der Waals surface area contributed by atoms with Crippen LogP contribution in [0.4, 0.5) is 10.6 Å². The van der Waals surface area contributed by atoms with Crippen molar-refractivity contribution in [2.24, 2.45) is 0 Å². The SMILES string of the molecule is C=Cc1nnc(NC(=O)O)cc1C. The molecule has 0 aliphatic carbocycles. The van der Waals surface area contributed by atoms with Gasteiger partial charge >= 0.3 is 6.09 Å². The smallest absolute Gasteiger partial charge is 0.410 e. The number of aryl methyl sites for hydroxylation is 1. The zero-order chi connectivity index (χ0) is 9.84. The molecular weight excluding hydrogens is 170 g/mol. The lowest BCUT2D eigenvalue weighted by Crippen LogP contribution is -2.10. The van der Waals surface area contributed by atoms with E-state index in [4.69, 9.17) is 5.11 Å². The quantitative estimate of drug-likeness (QED) is 0.721. The predicted molar refractivity (Wildman–Crippen MR) is 48.5 cm³/mol. The first-order valence-electron chi connectivity index (χ1n) is 3.60. The first-order chi connectivity index (χ1) is 6.13. The number of amides is 1. The van der Waals surface area contributed by atoms with Crippen molar-refractivity contribution in [3.63, 3.8) is 0 Å². The molecule has 1 amide bonds. The maximum atomic E-state index is 10.2. The van der Waals surface area contributed by atoms with Gasteiger partial charge in [0.15, 0.2) is 5.82 Å². The molecule has 0 saturated heterocycles. The van der Waals surface area contributed by atoms with E-state index < -0.39 is 6.09 Å². The van der Waals surface area contributed by atoms with E-state index in [1.165, 1.54) is 0 Å². The van der Waals surface area contributed by atoms with Gasteiger partial charge in [-0.2, -0.15) is 0 Å². The average Bonchev–Trinajstić information content (AvgIpc) is 2.03. The van der Waals surface area contributed by atoms with E-state index in [-0.39, 0.29) is 5.82 Å². The largest absolute Gasteiger partial charge is 0.465 e. The van der Waals surface area contributed by atoms with E-state index >= 15 is 0 Å². The Hall–Kier alpha value is -1.91. The first-order valence-corrected chi connectivity index (χ1v) is 3.60. The van der Waals surface area contributed by atoms with Gasteiger partial charge in [-0.15, -0.1) is 10.2 Å². The Kier molecular flexibility index (Phi) is 2.59. The molecule has 0 radical (unpaired) electrons. The second-order valence-corrected chi connectivity index (χ2v) is 2.43. The molecule has 1 heterocycles. The molecule has 0 spiro atoms. The highest BCUT2D eigenvalue weighted by atomic mass is 16.4. The summed E-state index contributed by atoms with van der Waals surface area (Å²) in [7, 11) is 0. The number of aromatic nitrogens is 2. The lowest BCUT2D eigenvalue weighted by Gasteiger charge is -2.01. The number of nitrogens with one attached hydrogen (secondary N) is 1. The van der Waals surface area contributed by atoms with Crippen LogP contribution in [0.25, 0.3) is 6.08 Å². The van der Waals surface area contributed by atoms with E-state index in [9.17, 15) is 4.79 Å². The van der Waals surface area contributed by atoms with Crippen molar-refractivity contribution in [2.75, 3.05) is 5.32 Å². The molecule has 1 aromatic heterocycles. The molecule has 1 aromatic rings. The monoisotopic (exact) mass is 179 g/mol. The number of anilines is 1. The number of hydrogen-bond donors (Lipinski definition) is 2. The van der Waals surface area contributed by atoms with E-state index in [0.29, 0.717) is 5.69 Å². The standard InChI is InChI=1S/C8H9N3O2/c1-3-6-5(2)4-7(11-10-6)9-8(12)13/h3-4H,1H2,2H3,(H,9,11)(H,12,13). The minimum atomic E-state index is -1.15. The fourth-order valence-corrected chi connectivity index (χ4v) is 0.867. The van der Waals surface area contributed by atoms with Gasteiger partial charge in [0.25, 0.3) is 0 Å². The lowest BCUT2D eigenvalue weighted by atomic mass is 10.2. The molecule has 2 N–H and O–H groups in total. The zero-order valence-electron chi connectivity index (χ0n) is 7.11. The fraction of sp³-hybridized carbons (Fsp3) is 0.125. The van der Waals surface area contributed by atoms with Crippen LogP contribution in [0.2, 0.25) is 0 Å². The van der Waals surface area contributed by atoms with Crippen LogP contribution < -0.4 is 5.32 Å². The molecule has 0 bridgehead atoms. The fourth-order valence-electron chi connectivity index (χ4n) is 0.867. The highest BCUT2D eigenvalue weighted by Gasteiger charge is 2.02. The van der Waals surface area contributed by atoms with Crippen LogP contribution in [0.3, 0.4) is 0 Å². The summed E-state index contributed by atoms with van der Waals surface area (Å²) in [6.07, 6.45) is 0.410. The second kappa shape index (κ2) is 3.66. The Bertz CT molecular complexity index is 349. The van der Waals surface area contributed by atoms with E-state index in [1.54, 1.807) is 19.1 Å². The summed E-state index contributed by atoms with van der Waals surface area (Å²) < 4.78 is 0. The highest BCUT2D eigenvalue weighted by molar-refractivity contribution is 5.81. The maximum absolute atomic E-state index is 10.2. The van der Waals surface area contributed by atoms with Crippen molar-refractivity contribution in [1.82, 2.24) is 10.2 Å². The van der Waals surface area contributed by atoms with Crippen LogP contribution in [0.15, 0.2) is 12.6 Å². The molecule has 0 unspecified atom stereocenters. The first kappa shape index (κ1) is 9.18. The predicted octanol–water partition coefficient (Wildman–Crippen LogP) is 1.52. The molecule has 0 saturated carbocycles. The summed E-state index contributed by atoms with van der Waals surface area (Å²) in [5.41, 5.74) is 1.48. The molecule has 5 heteroatoms. The van der Waals surface area contributed by atoms with Crippen LogP contribution in [-0.4, -0.2) is 21.4 Å². The van der Waals surface area contributed by atoms with E-state index in [1.807, 2.05) is 0 Å². The summed E-state index contributed by atoms with van der Waals surface area (Å²) >= 11 is 0. The Labute approximate surface area is 75.1 Å². The molecular formula is C8H9N3O2. The van der Waals surface area contributed by atoms with Crippen LogP contribution in [0.1, 0.15) is 11.3 Å². The van der Waals surface area contributed by atoms with Gasteiger partial charge < -0.3 is 5.11 Å². The Morgan fingerprint density at radius 2 is 2.38 bits per heavy atom. The Balaban J connectivity index is 2.95. The van der Waals surface area contributed by atoms with Crippen molar-refractivity contribution in [2.45, 2.75) is 6.92 Å². The van der Waals surface area contributed by atoms with Crippen LogP contribution in [0, 0.1) is 6.92 Å². The van der Waals surface area contributed by atoms with Gasteiger partial charge in [-0.1, -0.05) is 6.58 Å². The maximum Gasteiger partial charge on any atom is 0.410 e. The summed E-state index contributed by atoms with van der Waals surface area (Å²) in [6.45, 7) is 5.35. The van der Waals surface area contributed by atoms with Crippen molar-refractivity contribution >= 4 is 18.0 Å². The van der Waals surface area contributed by atoms with Crippen molar-refractivity contribution in [1.29, 1.82) is 0 Å². The third-order valence-electron chi connectivity index (χ3n) is 1.45. The molecule has 0 aliphatic heterocycles. The minimum Gasteiger partial charge on any atom is -0.465 e. The molecule has 68 valence electrons. The van der Waals surface area contributed by atoms with Crippen molar-refractivity contribution in [3.8, 4) is 0 Å². The molecule has 5 nitrogen and oxygen atoms in total. The van der Waals surface area contributed by atoms with Crippen LogP contribution in [-0.2, 0) is 0 Å². The molecule has 1 rings (SSSR count). The summed E-state index contributed by atoms with van der Waals surface area (Å²) in [5, 5.41) is 17.9. The van der Waals surface area contributed by atoms with Crippen LogP contribution >= 0.6 is 0 Å². The molecule has 0 fully saturated rings. The molecule has 0 aliphatic rings. The Morgan fingerprint density at radius 1 is 1.69 bits per heavy atom. The average molecular weight is 179 g/mol. The highest BCUT2D eigenvalue weighted by Crippen LogP contribution is 2.09. The molecule has 0 atom stereocenters. The lowest BCUT2D eigenvalue weighted by molar-refractivity contribution is 0.209. The van der Waals surface area contributed by atoms with Crippen molar-refractivity contribution in [3.05, 3.63) is 23.9 Å². The van der Waals surface area contributed by atoms with E-state index in [0.717, 1.165) is 5.56 Å². The van der Waals surface area contributed by atoms with Gasteiger partial charge in [-0.3, -0.25) is 5.32 Å². The number of rotatable bonds is 2. The summed E-state index contributed by atoms with van der Waals surface area (Å²) in [6, 6.07) is 1.60. The van der Waals surface area contributed by atoms with Crippen LogP contribution in [0.5, 0.6) is 0 Å². The van der Waals surface area contributed by atoms with Gasteiger partial charge in [0.2, 0.25) is 0 Å². The van der Waals surface area contributed by atoms with Gasteiger partial charge in [-0.05, 0) is 24.6 Å². The topological polar surface area (TPSA) is 75.1 Å². The van der Waals surface area contributed by atoms with E-state index in [2.05, 4.69) is 22.1 Å². The summed E-state index contributed by atoms with van der Waals surface area (Å²) in [4.78, 5) is 10.2. The third kappa shape index (κ3) is 2.26. The van der Waals surface area contributed by atoms with Gasteiger partial charge in [0.1, 0.15) is 0 Å². The third-order valence-corrected chi connectivity index (χ3v) is 1.45. The number of carboxylic acid groups (broad SMARTS) is 1. The molecule has 13 heavy (non-hydrogen) atoms. The second-order valence-electron chi connectivity index (χ2n) is 2.43. The molecule has 0 aromatic carbocycles. The van der Waals surface area contributed by atoms with Gasteiger partial charge in [0, 0.05) is 0 Å². The summed E-state index contributed by atoms with van der Waals surface area (Å²) in [5.74, 6) is 0.218.